The van der Waals surface area contributed by atoms with Gasteiger partial charge in [0.15, 0.2) is 18.1 Å². The molecule has 0 aliphatic carbocycles. The van der Waals surface area contributed by atoms with E-state index in [1.54, 1.807) is 31.3 Å². The Labute approximate surface area is 194 Å². The van der Waals surface area contributed by atoms with E-state index < -0.39 is 0 Å². The maximum atomic E-state index is 12.7. The van der Waals surface area contributed by atoms with Gasteiger partial charge in [0.05, 0.1) is 14.2 Å². The van der Waals surface area contributed by atoms with Gasteiger partial charge in [-0.1, -0.05) is 12.1 Å². The predicted molar refractivity (Wildman–Crippen MR) is 123 cm³/mol. The van der Waals surface area contributed by atoms with Crippen molar-refractivity contribution in [1.82, 2.24) is 15.0 Å². The fourth-order valence-corrected chi connectivity index (χ4v) is 3.26. The zero-order chi connectivity index (χ0) is 22.2. The second-order valence-corrected chi connectivity index (χ2v) is 7.89. The van der Waals surface area contributed by atoms with Crippen LogP contribution in [0.1, 0.15) is 19.2 Å². The average molecular weight is 537 g/mol. The molecule has 0 atom stereocenters. The summed E-state index contributed by atoms with van der Waals surface area (Å²) in [5.41, 5.74) is 0.725. The van der Waals surface area contributed by atoms with Crippen LogP contribution in [-0.4, -0.2) is 48.3 Å². The number of carbonyl (C=O) groups is 1. The van der Waals surface area contributed by atoms with Gasteiger partial charge in [0, 0.05) is 15.7 Å². The van der Waals surface area contributed by atoms with Gasteiger partial charge in [-0.15, -0.1) is 0 Å². The van der Waals surface area contributed by atoms with Gasteiger partial charge < -0.3 is 23.6 Å². The molecule has 0 bridgehead atoms. The summed E-state index contributed by atoms with van der Waals surface area (Å²) in [6.45, 7) is 2.71. The molecule has 0 N–H and O–H groups in total. The van der Waals surface area contributed by atoms with Crippen LogP contribution in [0.2, 0.25) is 0 Å². The second-order valence-electron chi connectivity index (χ2n) is 6.64. The number of hydrogen-bond acceptors (Lipinski definition) is 7. The summed E-state index contributed by atoms with van der Waals surface area (Å²) >= 11 is 2.22. The Morgan fingerprint density at radius 3 is 2.52 bits per heavy atom. The topological polar surface area (TPSA) is 86.9 Å². The van der Waals surface area contributed by atoms with Crippen molar-refractivity contribution in [2.24, 2.45) is 0 Å². The minimum Gasteiger partial charge on any atom is -0.493 e. The zero-order valence-electron chi connectivity index (χ0n) is 17.6. The maximum Gasteiger partial charge on any atom is 0.260 e. The van der Waals surface area contributed by atoms with Gasteiger partial charge in [0.2, 0.25) is 11.7 Å². The third kappa shape index (κ3) is 6.09. The van der Waals surface area contributed by atoms with Crippen molar-refractivity contribution >= 4 is 28.5 Å². The Morgan fingerprint density at radius 1 is 1.10 bits per heavy atom. The minimum absolute atomic E-state index is 0.0583. The normalized spacial score (nSPS) is 10.6. The lowest BCUT2D eigenvalue weighted by Crippen LogP contribution is -2.35. The van der Waals surface area contributed by atoms with Gasteiger partial charge in [0.25, 0.3) is 5.91 Å². The Morgan fingerprint density at radius 2 is 1.84 bits per heavy atom. The minimum atomic E-state index is -0.147. The molecule has 0 saturated carbocycles. The van der Waals surface area contributed by atoms with E-state index in [9.17, 15) is 4.79 Å². The van der Waals surface area contributed by atoms with Gasteiger partial charge in [0.1, 0.15) is 12.3 Å². The number of carbonyl (C=O) groups excluding carboxylic acids is 1. The fourth-order valence-electron chi connectivity index (χ4n) is 2.90. The molecule has 1 aromatic heterocycles. The summed E-state index contributed by atoms with van der Waals surface area (Å²) in [7, 11) is 3.14. The lowest BCUT2D eigenvalue weighted by molar-refractivity contribution is -0.134. The summed E-state index contributed by atoms with van der Waals surface area (Å²) in [6, 6.07) is 12.9. The van der Waals surface area contributed by atoms with Crippen molar-refractivity contribution in [2.45, 2.75) is 19.9 Å². The van der Waals surface area contributed by atoms with Crippen molar-refractivity contribution in [1.29, 1.82) is 0 Å². The first-order valence-electron chi connectivity index (χ1n) is 9.75. The largest absolute Gasteiger partial charge is 0.493 e. The van der Waals surface area contributed by atoms with Gasteiger partial charge >= 0.3 is 0 Å². The van der Waals surface area contributed by atoms with Crippen molar-refractivity contribution in [3.05, 3.63) is 51.9 Å². The van der Waals surface area contributed by atoms with Crippen LogP contribution in [0.4, 0.5) is 0 Å². The highest BCUT2D eigenvalue weighted by Gasteiger charge is 2.19. The Hall–Kier alpha value is -2.82. The third-order valence-electron chi connectivity index (χ3n) is 4.46. The SMILES string of the molecule is CCCN(Cc1nc(-c2ccc(OC)c(OC)c2)no1)C(=O)COc1ccc(I)cc1. The molecular formula is C22H24IN3O5. The third-order valence-corrected chi connectivity index (χ3v) is 5.18. The molecule has 3 aromatic rings. The number of nitrogens with zero attached hydrogens (tertiary/aromatic N) is 3. The molecule has 0 fully saturated rings. The number of hydrogen-bond donors (Lipinski definition) is 0. The average Bonchev–Trinajstić information content (AvgIpc) is 3.26. The van der Waals surface area contributed by atoms with Crippen molar-refractivity contribution in [3.8, 4) is 28.6 Å². The molecule has 2 aromatic carbocycles. The molecule has 0 radical (unpaired) electrons. The maximum absolute atomic E-state index is 12.7. The van der Waals surface area contributed by atoms with Crippen molar-refractivity contribution in [3.63, 3.8) is 0 Å². The number of aromatic nitrogens is 2. The van der Waals surface area contributed by atoms with E-state index >= 15 is 0 Å². The fraction of sp³-hybridized carbons (Fsp3) is 0.318. The first-order valence-corrected chi connectivity index (χ1v) is 10.8. The van der Waals surface area contributed by atoms with E-state index in [4.69, 9.17) is 18.7 Å². The van der Waals surface area contributed by atoms with Crippen LogP contribution < -0.4 is 14.2 Å². The van der Waals surface area contributed by atoms with Crippen molar-refractivity contribution in [2.75, 3.05) is 27.4 Å². The van der Waals surface area contributed by atoms with E-state index in [1.165, 1.54) is 0 Å². The van der Waals surface area contributed by atoms with Gasteiger partial charge in [-0.25, -0.2) is 0 Å². The van der Waals surface area contributed by atoms with Crippen molar-refractivity contribution < 1.29 is 23.5 Å². The van der Waals surface area contributed by atoms with Crippen LogP contribution in [0.5, 0.6) is 17.2 Å². The summed E-state index contributed by atoms with van der Waals surface area (Å²) in [4.78, 5) is 18.8. The number of ether oxygens (including phenoxy) is 3. The standard InChI is InChI=1S/C22H24IN3O5/c1-4-11-26(21(27)14-30-17-8-6-16(23)7-9-17)13-20-24-22(25-31-20)15-5-10-18(28-2)19(12-15)29-3/h5-10,12H,4,11,13-14H2,1-3H3. The van der Waals surface area contributed by atoms with Crippen LogP contribution in [0, 0.1) is 3.57 Å². The Kier molecular flexibility index (Phi) is 8.10. The molecule has 8 nitrogen and oxygen atoms in total. The van der Waals surface area contributed by atoms with Gasteiger partial charge in [-0.05, 0) is 71.5 Å². The van der Waals surface area contributed by atoms with Crippen LogP contribution in [0.3, 0.4) is 0 Å². The smallest absolute Gasteiger partial charge is 0.260 e. The predicted octanol–water partition coefficient (Wildman–Crippen LogP) is 4.18. The van der Waals surface area contributed by atoms with E-state index in [0.29, 0.717) is 35.5 Å². The molecule has 1 amide bonds. The Balaban J connectivity index is 1.67. The molecular weight excluding hydrogens is 513 g/mol. The van der Waals surface area contributed by atoms with E-state index in [1.807, 2.05) is 37.3 Å². The monoisotopic (exact) mass is 537 g/mol. The second kappa shape index (κ2) is 11.0. The summed E-state index contributed by atoms with van der Waals surface area (Å²) in [5, 5.41) is 4.04. The molecule has 0 spiro atoms. The van der Waals surface area contributed by atoms with E-state index in [2.05, 4.69) is 32.7 Å². The lowest BCUT2D eigenvalue weighted by Gasteiger charge is -2.20. The van der Waals surface area contributed by atoms with Crippen LogP contribution in [0.15, 0.2) is 47.0 Å². The van der Waals surface area contributed by atoms with Gasteiger partial charge in [-0.2, -0.15) is 4.98 Å². The van der Waals surface area contributed by atoms with E-state index in [0.717, 1.165) is 15.6 Å². The quantitative estimate of drug-likeness (QED) is 0.359. The van der Waals surface area contributed by atoms with E-state index in [-0.39, 0.29) is 19.1 Å². The molecule has 164 valence electrons. The van der Waals surface area contributed by atoms with Gasteiger partial charge in [-0.3, -0.25) is 4.79 Å². The number of halogens is 1. The number of benzene rings is 2. The molecule has 31 heavy (non-hydrogen) atoms. The summed E-state index contributed by atoms with van der Waals surface area (Å²) < 4.78 is 22.7. The van der Waals surface area contributed by atoms with Crippen LogP contribution in [-0.2, 0) is 11.3 Å². The number of amides is 1. The van der Waals surface area contributed by atoms with Crippen LogP contribution in [0.25, 0.3) is 11.4 Å². The lowest BCUT2D eigenvalue weighted by atomic mass is 10.2. The summed E-state index contributed by atoms with van der Waals surface area (Å²) in [6.07, 6.45) is 0.798. The zero-order valence-corrected chi connectivity index (χ0v) is 19.8. The number of rotatable bonds is 10. The van der Waals surface area contributed by atoms with Crippen LogP contribution >= 0.6 is 22.6 Å². The first-order chi connectivity index (χ1) is 15.0. The Bertz CT molecular complexity index is 1010. The molecule has 0 saturated heterocycles. The molecule has 1 heterocycles. The highest BCUT2D eigenvalue weighted by Crippen LogP contribution is 2.31. The molecule has 0 aliphatic rings. The molecule has 0 unspecified atom stereocenters. The highest BCUT2D eigenvalue weighted by atomic mass is 127. The molecule has 9 heteroatoms. The molecule has 3 rings (SSSR count). The summed E-state index contributed by atoms with van der Waals surface area (Å²) in [5.74, 6) is 2.45. The molecule has 0 aliphatic heterocycles. The number of methoxy groups -OCH3 is 2. The first kappa shape index (κ1) is 22.9. The highest BCUT2D eigenvalue weighted by molar-refractivity contribution is 14.1.